The molecule has 1 aliphatic heterocycles. The fourth-order valence-corrected chi connectivity index (χ4v) is 4.69. The molecular formula is C19H26ClN5O3S. The SMILES string of the molecule is CC(C)c1c(C(=O)N2CCN(S(=O)(=O)N(C)C)CC2)cnn1-c1cccc(Cl)c1. The number of aromatic nitrogens is 2. The maximum Gasteiger partial charge on any atom is 0.281 e. The molecule has 3 rings (SSSR count). The monoisotopic (exact) mass is 439 g/mol. The van der Waals surface area contributed by atoms with Gasteiger partial charge in [-0.25, -0.2) is 4.68 Å². The summed E-state index contributed by atoms with van der Waals surface area (Å²) in [6.45, 7) is 5.24. The lowest BCUT2D eigenvalue weighted by atomic mass is 10.0. The molecule has 1 aliphatic rings. The van der Waals surface area contributed by atoms with Crippen LogP contribution >= 0.6 is 11.6 Å². The second-order valence-corrected chi connectivity index (χ2v) is 10.1. The molecule has 0 bridgehead atoms. The first-order chi connectivity index (χ1) is 13.6. The van der Waals surface area contributed by atoms with E-state index in [1.807, 2.05) is 26.0 Å². The maximum absolute atomic E-state index is 13.2. The van der Waals surface area contributed by atoms with Crippen molar-refractivity contribution >= 4 is 27.7 Å². The Morgan fingerprint density at radius 3 is 2.38 bits per heavy atom. The minimum Gasteiger partial charge on any atom is -0.336 e. The normalized spacial score (nSPS) is 16.0. The summed E-state index contributed by atoms with van der Waals surface area (Å²) >= 11 is 6.12. The Morgan fingerprint density at radius 1 is 1.17 bits per heavy atom. The third-order valence-corrected chi connectivity index (χ3v) is 7.13. The molecule has 2 aromatic rings. The van der Waals surface area contributed by atoms with Gasteiger partial charge in [0.05, 0.1) is 23.1 Å². The number of amides is 1. The van der Waals surface area contributed by atoms with E-state index in [1.54, 1.807) is 27.9 Å². The van der Waals surface area contributed by atoms with Crippen LogP contribution in [-0.2, 0) is 10.2 Å². The first kappa shape index (κ1) is 21.8. The number of hydrogen-bond donors (Lipinski definition) is 0. The molecule has 1 aromatic heterocycles. The fraction of sp³-hybridized carbons (Fsp3) is 0.474. The second kappa shape index (κ2) is 8.43. The van der Waals surface area contributed by atoms with Crippen molar-refractivity contribution in [3.8, 4) is 5.69 Å². The van der Waals surface area contributed by atoms with Gasteiger partial charge in [0.25, 0.3) is 16.1 Å². The lowest BCUT2D eigenvalue weighted by molar-refractivity contribution is 0.0693. The molecule has 1 fully saturated rings. The second-order valence-electron chi connectivity index (χ2n) is 7.47. The van der Waals surface area contributed by atoms with Crippen LogP contribution in [-0.4, -0.2) is 77.9 Å². The van der Waals surface area contributed by atoms with E-state index in [4.69, 9.17) is 11.6 Å². The van der Waals surface area contributed by atoms with Crippen LogP contribution in [0.3, 0.4) is 0 Å². The summed E-state index contributed by atoms with van der Waals surface area (Å²) in [6.07, 6.45) is 1.58. The van der Waals surface area contributed by atoms with Crippen molar-refractivity contribution in [3.05, 3.63) is 46.7 Å². The van der Waals surface area contributed by atoms with Crippen molar-refractivity contribution in [2.45, 2.75) is 19.8 Å². The first-order valence-corrected chi connectivity index (χ1v) is 11.2. The number of halogens is 1. The van der Waals surface area contributed by atoms with Gasteiger partial charge in [0.2, 0.25) is 0 Å². The van der Waals surface area contributed by atoms with Crippen LogP contribution in [0.15, 0.2) is 30.5 Å². The highest BCUT2D eigenvalue weighted by Crippen LogP contribution is 2.26. The summed E-state index contributed by atoms with van der Waals surface area (Å²) in [4.78, 5) is 14.9. The molecule has 0 saturated carbocycles. The van der Waals surface area contributed by atoms with Gasteiger partial charge in [-0.2, -0.15) is 22.1 Å². The van der Waals surface area contributed by atoms with E-state index in [0.29, 0.717) is 23.7 Å². The summed E-state index contributed by atoms with van der Waals surface area (Å²) in [7, 11) is -0.460. The first-order valence-electron chi connectivity index (χ1n) is 9.43. The van der Waals surface area contributed by atoms with Crippen molar-refractivity contribution in [2.24, 2.45) is 0 Å². The summed E-state index contributed by atoms with van der Waals surface area (Å²) < 4.78 is 28.9. The highest BCUT2D eigenvalue weighted by Gasteiger charge is 2.32. The van der Waals surface area contributed by atoms with Crippen LogP contribution in [0, 0.1) is 0 Å². The van der Waals surface area contributed by atoms with Crippen LogP contribution in [0.2, 0.25) is 5.02 Å². The summed E-state index contributed by atoms with van der Waals surface area (Å²) in [6, 6.07) is 7.33. The Hall–Kier alpha value is -1.94. The molecule has 0 aliphatic carbocycles. The predicted octanol–water partition coefficient (Wildman–Crippen LogP) is 2.21. The molecule has 0 atom stereocenters. The van der Waals surface area contributed by atoms with Crippen LogP contribution in [0.4, 0.5) is 0 Å². The van der Waals surface area contributed by atoms with E-state index >= 15 is 0 Å². The number of hydrogen-bond acceptors (Lipinski definition) is 4. The van der Waals surface area contributed by atoms with Crippen molar-refractivity contribution in [1.29, 1.82) is 0 Å². The molecule has 0 spiro atoms. The minimum atomic E-state index is -3.47. The van der Waals surface area contributed by atoms with Crippen LogP contribution in [0.5, 0.6) is 0 Å². The van der Waals surface area contributed by atoms with Crippen molar-refractivity contribution < 1.29 is 13.2 Å². The van der Waals surface area contributed by atoms with Crippen molar-refractivity contribution in [3.63, 3.8) is 0 Å². The lowest BCUT2D eigenvalue weighted by Crippen LogP contribution is -2.53. The Kier molecular flexibility index (Phi) is 6.33. The summed E-state index contributed by atoms with van der Waals surface area (Å²) in [5.74, 6) is -0.0743. The van der Waals surface area contributed by atoms with Gasteiger partial charge >= 0.3 is 0 Å². The Balaban J connectivity index is 1.84. The van der Waals surface area contributed by atoms with E-state index in [1.165, 1.54) is 22.7 Å². The molecule has 0 radical (unpaired) electrons. The van der Waals surface area contributed by atoms with E-state index in [-0.39, 0.29) is 24.9 Å². The van der Waals surface area contributed by atoms with Gasteiger partial charge in [0.15, 0.2) is 0 Å². The topological polar surface area (TPSA) is 78.8 Å². The third-order valence-electron chi connectivity index (χ3n) is 4.95. The zero-order chi connectivity index (χ0) is 21.3. The average Bonchev–Trinajstić information content (AvgIpc) is 3.13. The van der Waals surface area contributed by atoms with Gasteiger partial charge in [0.1, 0.15) is 0 Å². The Morgan fingerprint density at radius 2 is 1.83 bits per heavy atom. The van der Waals surface area contributed by atoms with Gasteiger partial charge < -0.3 is 4.90 Å². The Bertz CT molecular complexity index is 995. The van der Waals surface area contributed by atoms with Gasteiger partial charge in [-0.05, 0) is 24.1 Å². The lowest BCUT2D eigenvalue weighted by Gasteiger charge is -2.35. The number of carbonyl (C=O) groups is 1. The van der Waals surface area contributed by atoms with E-state index in [0.717, 1.165) is 11.4 Å². The highest BCUT2D eigenvalue weighted by atomic mass is 35.5. The van der Waals surface area contributed by atoms with Gasteiger partial charge in [-0.15, -0.1) is 0 Å². The quantitative estimate of drug-likeness (QED) is 0.715. The number of piperazine rings is 1. The standard InChI is InChI=1S/C19H26ClN5O3S/c1-14(2)18-17(13-21-25(18)16-7-5-6-15(20)12-16)19(26)23-8-10-24(11-9-23)29(27,28)22(3)4/h5-7,12-14H,8-11H2,1-4H3. The van der Waals surface area contributed by atoms with Crippen LogP contribution < -0.4 is 0 Å². The number of nitrogens with zero attached hydrogens (tertiary/aromatic N) is 5. The van der Waals surface area contributed by atoms with Gasteiger partial charge in [-0.3, -0.25) is 4.79 Å². The van der Waals surface area contributed by atoms with Gasteiger partial charge in [-0.1, -0.05) is 31.5 Å². The van der Waals surface area contributed by atoms with Crippen LogP contribution in [0.25, 0.3) is 5.69 Å². The Labute approximate surface area is 176 Å². The third kappa shape index (κ3) is 4.32. The molecule has 0 N–H and O–H groups in total. The highest BCUT2D eigenvalue weighted by molar-refractivity contribution is 7.86. The minimum absolute atomic E-state index is 0.0610. The number of rotatable bonds is 5. The largest absolute Gasteiger partial charge is 0.336 e. The smallest absolute Gasteiger partial charge is 0.281 e. The van der Waals surface area contributed by atoms with Crippen LogP contribution in [0.1, 0.15) is 35.8 Å². The molecule has 1 aromatic carbocycles. The molecule has 8 nitrogen and oxygen atoms in total. The number of benzene rings is 1. The summed E-state index contributed by atoms with van der Waals surface area (Å²) in [5, 5.41) is 5.04. The van der Waals surface area contributed by atoms with Gasteiger partial charge in [0, 0.05) is 45.3 Å². The molecule has 2 heterocycles. The molecule has 10 heteroatoms. The number of carbonyl (C=O) groups excluding carboxylic acids is 1. The fourth-order valence-electron chi connectivity index (χ4n) is 3.42. The molecular weight excluding hydrogens is 414 g/mol. The van der Waals surface area contributed by atoms with E-state index in [2.05, 4.69) is 5.10 Å². The molecule has 29 heavy (non-hydrogen) atoms. The zero-order valence-corrected chi connectivity index (χ0v) is 18.6. The molecule has 1 saturated heterocycles. The predicted molar refractivity (Wildman–Crippen MR) is 113 cm³/mol. The van der Waals surface area contributed by atoms with Crippen molar-refractivity contribution in [1.82, 2.24) is 23.3 Å². The molecule has 1 amide bonds. The van der Waals surface area contributed by atoms with E-state index < -0.39 is 10.2 Å². The van der Waals surface area contributed by atoms with E-state index in [9.17, 15) is 13.2 Å². The van der Waals surface area contributed by atoms with Crippen molar-refractivity contribution in [2.75, 3.05) is 40.3 Å². The molecule has 158 valence electrons. The summed E-state index contributed by atoms with van der Waals surface area (Å²) in [5.41, 5.74) is 2.13. The molecule has 0 unspecified atom stereocenters. The average molecular weight is 440 g/mol. The zero-order valence-electron chi connectivity index (χ0n) is 17.0. The maximum atomic E-state index is 13.2.